The highest BCUT2D eigenvalue weighted by atomic mass is 19.1. The highest BCUT2D eigenvalue weighted by Crippen LogP contribution is 2.29. The molecule has 0 bridgehead atoms. The number of cyclic esters (lactones) is 1. The molecule has 0 saturated carbocycles. The zero-order valence-electron chi connectivity index (χ0n) is 16.3. The topological polar surface area (TPSA) is 70.7 Å². The van der Waals surface area contributed by atoms with Crippen LogP contribution >= 0.6 is 0 Å². The summed E-state index contributed by atoms with van der Waals surface area (Å²) in [5, 5.41) is 5.84. The third-order valence-corrected chi connectivity index (χ3v) is 4.60. The third-order valence-electron chi connectivity index (χ3n) is 4.60. The maximum atomic E-state index is 14.8. The number of hydrogen-bond acceptors (Lipinski definition) is 4. The molecular weight excluding hydrogens is 373 g/mol. The van der Waals surface area contributed by atoms with Gasteiger partial charge >= 0.3 is 6.09 Å². The number of carbonyl (C=O) groups is 2. The first-order valence-corrected chi connectivity index (χ1v) is 9.41. The van der Waals surface area contributed by atoms with Gasteiger partial charge in [0.15, 0.2) is 0 Å². The molecule has 1 fully saturated rings. The number of nitrogens with zero attached hydrogens (tertiary/aromatic N) is 1. The maximum Gasteiger partial charge on any atom is 0.414 e. The molecule has 0 spiro atoms. The van der Waals surface area contributed by atoms with Crippen LogP contribution in [0.1, 0.15) is 12.5 Å². The quantitative estimate of drug-likeness (QED) is 0.530. The fourth-order valence-electron chi connectivity index (χ4n) is 3.12. The van der Waals surface area contributed by atoms with E-state index in [1.54, 1.807) is 18.2 Å². The molecule has 0 aromatic heterocycles. The number of hydrogen-bond donors (Lipinski definition) is 2. The summed E-state index contributed by atoms with van der Waals surface area (Å²) in [5.41, 5.74) is 2.74. The van der Waals surface area contributed by atoms with Crippen molar-refractivity contribution in [3.05, 3.63) is 66.5 Å². The van der Waals surface area contributed by atoms with Gasteiger partial charge in [0.2, 0.25) is 5.91 Å². The van der Waals surface area contributed by atoms with Crippen molar-refractivity contribution in [2.45, 2.75) is 19.6 Å². The minimum atomic E-state index is -0.552. The van der Waals surface area contributed by atoms with E-state index in [4.69, 9.17) is 4.74 Å². The molecule has 6 nitrogen and oxygen atoms in total. The summed E-state index contributed by atoms with van der Waals surface area (Å²) in [6.07, 6.45) is 0.781. The van der Waals surface area contributed by atoms with Crippen molar-refractivity contribution in [2.75, 3.05) is 24.5 Å². The number of nitrogens with one attached hydrogen (secondary N) is 2. The normalized spacial score (nSPS) is 15.9. The van der Waals surface area contributed by atoms with Crippen LogP contribution in [-0.4, -0.2) is 37.7 Å². The fraction of sp³-hybridized carbons (Fsp3) is 0.273. The maximum absolute atomic E-state index is 14.8. The van der Waals surface area contributed by atoms with E-state index >= 15 is 0 Å². The average Bonchev–Trinajstić information content (AvgIpc) is 3.08. The standard InChI is InChI=1S/C22H24FN3O3/c1-3-10-24-12-16-4-6-17(7-5-16)20-9-8-18(11-21(20)23)26-14-19(29-22(26)28)13-25-15(2)27/h3-9,11,19,24H,1,10,12-14H2,2H3,(H,25,27)/t19-/m0/s1. The van der Waals surface area contributed by atoms with E-state index in [9.17, 15) is 14.0 Å². The predicted molar refractivity (Wildman–Crippen MR) is 110 cm³/mol. The summed E-state index contributed by atoms with van der Waals surface area (Å²) in [4.78, 5) is 24.5. The SMILES string of the molecule is C=CCNCc1ccc(-c2ccc(N3C[C@H](CNC(C)=O)OC3=O)cc2F)cc1. The Hall–Kier alpha value is -3.19. The van der Waals surface area contributed by atoms with Gasteiger partial charge in [0, 0.05) is 25.6 Å². The lowest BCUT2D eigenvalue weighted by Gasteiger charge is -2.15. The second kappa shape index (κ2) is 9.34. The first-order chi connectivity index (χ1) is 14.0. The molecule has 0 aliphatic carbocycles. The smallest absolute Gasteiger partial charge is 0.414 e. The zero-order chi connectivity index (χ0) is 20.8. The van der Waals surface area contributed by atoms with Gasteiger partial charge in [0.05, 0.1) is 18.8 Å². The first-order valence-electron chi connectivity index (χ1n) is 9.41. The molecule has 1 aliphatic heterocycles. The summed E-state index contributed by atoms with van der Waals surface area (Å²) in [5.74, 6) is -0.615. The van der Waals surface area contributed by atoms with Gasteiger partial charge in [-0.25, -0.2) is 9.18 Å². The lowest BCUT2D eigenvalue weighted by molar-refractivity contribution is -0.119. The molecule has 29 heavy (non-hydrogen) atoms. The lowest BCUT2D eigenvalue weighted by Crippen LogP contribution is -2.33. The van der Waals surface area contributed by atoms with Gasteiger partial charge in [-0.3, -0.25) is 9.69 Å². The molecule has 0 radical (unpaired) electrons. The second-order valence-electron chi connectivity index (χ2n) is 6.83. The molecule has 7 heteroatoms. The van der Waals surface area contributed by atoms with E-state index in [-0.39, 0.29) is 19.0 Å². The summed E-state index contributed by atoms with van der Waals surface area (Å²) in [6.45, 7) is 6.98. The van der Waals surface area contributed by atoms with Crippen LogP contribution in [0.5, 0.6) is 0 Å². The first kappa shape index (κ1) is 20.5. The Bertz CT molecular complexity index is 899. The Morgan fingerprint density at radius 1 is 1.31 bits per heavy atom. The number of benzene rings is 2. The molecule has 0 unspecified atom stereocenters. The van der Waals surface area contributed by atoms with Gasteiger partial charge in [0.1, 0.15) is 11.9 Å². The van der Waals surface area contributed by atoms with Crippen molar-refractivity contribution in [2.24, 2.45) is 0 Å². The Morgan fingerprint density at radius 2 is 2.07 bits per heavy atom. The number of rotatable bonds is 8. The van der Waals surface area contributed by atoms with Gasteiger partial charge in [-0.15, -0.1) is 6.58 Å². The number of ether oxygens (including phenoxy) is 1. The number of anilines is 1. The molecule has 2 amide bonds. The van der Waals surface area contributed by atoms with Crippen LogP contribution in [0.2, 0.25) is 0 Å². The average molecular weight is 397 g/mol. The molecule has 2 aromatic rings. The van der Waals surface area contributed by atoms with Crippen LogP contribution < -0.4 is 15.5 Å². The Morgan fingerprint density at radius 3 is 2.72 bits per heavy atom. The van der Waals surface area contributed by atoms with E-state index in [2.05, 4.69) is 17.2 Å². The summed E-state index contributed by atoms with van der Waals surface area (Å²) in [7, 11) is 0. The van der Waals surface area contributed by atoms with Crippen molar-refractivity contribution in [1.29, 1.82) is 0 Å². The van der Waals surface area contributed by atoms with Gasteiger partial charge in [-0.2, -0.15) is 0 Å². The van der Waals surface area contributed by atoms with Crippen LogP contribution in [0.3, 0.4) is 0 Å². The highest BCUT2D eigenvalue weighted by molar-refractivity contribution is 5.90. The van der Waals surface area contributed by atoms with Crippen molar-refractivity contribution in [3.63, 3.8) is 0 Å². The van der Waals surface area contributed by atoms with Crippen LogP contribution in [0.4, 0.5) is 14.9 Å². The minimum Gasteiger partial charge on any atom is -0.442 e. The molecule has 2 N–H and O–H groups in total. The van der Waals surface area contributed by atoms with Crippen molar-refractivity contribution in [3.8, 4) is 11.1 Å². The molecule has 1 aliphatic rings. The highest BCUT2D eigenvalue weighted by Gasteiger charge is 2.32. The second-order valence-corrected chi connectivity index (χ2v) is 6.83. The Balaban J connectivity index is 1.69. The molecule has 2 aromatic carbocycles. The van der Waals surface area contributed by atoms with Crippen LogP contribution in [0, 0.1) is 5.82 Å². The summed E-state index contributed by atoms with van der Waals surface area (Å²) < 4.78 is 20.0. The Labute approximate surface area is 169 Å². The predicted octanol–water partition coefficient (Wildman–Crippen LogP) is 3.23. The van der Waals surface area contributed by atoms with E-state index < -0.39 is 18.0 Å². The molecule has 1 heterocycles. The van der Waals surface area contributed by atoms with Crippen LogP contribution in [-0.2, 0) is 16.1 Å². The molecule has 3 rings (SSSR count). The number of halogens is 1. The monoisotopic (exact) mass is 397 g/mol. The van der Waals surface area contributed by atoms with E-state index in [1.165, 1.54) is 17.9 Å². The molecular formula is C22H24FN3O3. The molecule has 1 saturated heterocycles. The van der Waals surface area contributed by atoms with E-state index in [0.717, 1.165) is 17.7 Å². The van der Waals surface area contributed by atoms with Gasteiger partial charge in [0.25, 0.3) is 0 Å². The van der Waals surface area contributed by atoms with E-state index in [0.29, 0.717) is 17.8 Å². The largest absolute Gasteiger partial charge is 0.442 e. The Kier molecular flexibility index (Phi) is 6.61. The van der Waals surface area contributed by atoms with Crippen molar-refractivity contribution >= 4 is 17.7 Å². The fourth-order valence-corrected chi connectivity index (χ4v) is 3.12. The van der Waals surface area contributed by atoms with E-state index in [1.807, 2.05) is 24.3 Å². The number of carbonyl (C=O) groups excluding carboxylic acids is 2. The molecule has 152 valence electrons. The van der Waals surface area contributed by atoms with Crippen molar-refractivity contribution in [1.82, 2.24) is 10.6 Å². The zero-order valence-corrected chi connectivity index (χ0v) is 16.3. The molecule has 1 atom stereocenters. The number of amides is 2. The van der Waals surface area contributed by atoms with Gasteiger partial charge in [-0.05, 0) is 29.3 Å². The van der Waals surface area contributed by atoms with Crippen molar-refractivity contribution < 1.29 is 18.7 Å². The summed E-state index contributed by atoms with van der Waals surface area (Å²) in [6, 6.07) is 12.3. The van der Waals surface area contributed by atoms with Crippen LogP contribution in [0.25, 0.3) is 11.1 Å². The lowest BCUT2D eigenvalue weighted by atomic mass is 10.0. The third kappa shape index (κ3) is 5.20. The van der Waals surface area contributed by atoms with Gasteiger partial charge < -0.3 is 15.4 Å². The van der Waals surface area contributed by atoms with Gasteiger partial charge in [-0.1, -0.05) is 30.3 Å². The minimum absolute atomic E-state index is 0.197. The summed E-state index contributed by atoms with van der Waals surface area (Å²) >= 11 is 0. The van der Waals surface area contributed by atoms with Crippen LogP contribution in [0.15, 0.2) is 55.1 Å².